The molecule has 0 aromatic rings. The Kier molecular flexibility index (Phi) is 11.7. The number of Topliss-reactive ketones (excluding diaryl/α,β-unsaturated/α-hetero) is 1. The maximum absolute atomic E-state index is 14.6. The van der Waals surface area contributed by atoms with E-state index in [0.29, 0.717) is 44.7 Å². The number of fused-ring (bicyclic) bond motifs is 1. The fraction of sp³-hybridized carbons (Fsp3) is 0.806. The number of carbonyl (C=O) groups excluding carboxylic acids is 5. The molecule has 0 spiro atoms. The van der Waals surface area contributed by atoms with E-state index >= 15 is 0 Å². The van der Waals surface area contributed by atoms with Gasteiger partial charge in [0, 0.05) is 26.7 Å². The molecule has 2 heterocycles. The van der Waals surface area contributed by atoms with Gasteiger partial charge in [0.05, 0.1) is 16.8 Å². The minimum Gasteiger partial charge on any atom is -0.346 e. The van der Waals surface area contributed by atoms with Crippen LogP contribution in [0.25, 0.3) is 0 Å². The van der Waals surface area contributed by atoms with E-state index in [4.69, 9.17) is 0 Å². The van der Waals surface area contributed by atoms with Gasteiger partial charge in [-0.3, -0.25) is 19.2 Å². The number of rotatable bonds is 13. The lowest BCUT2D eigenvalue weighted by Crippen LogP contribution is -2.65. The first-order chi connectivity index (χ1) is 23.6. The maximum Gasteiger partial charge on any atom is 0.315 e. The van der Waals surface area contributed by atoms with Gasteiger partial charge < -0.3 is 26.2 Å². The quantitative estimate of drug-likeness (QED) is 0.167. The number of sulfonamides is 1. The van der Waals surface area contributed by atoms with Crippen molar-refractivity contribution in [2.45, 2.75) is 133 Å². The first-order valence-electron chi connectivity index (χ1n) is 18.7. The first kappa shape index (κ1) is 38.2. The van der Waals surface area contributed by atoms with Gasteiger partial charge in [-0.1, -0.05) is 65.4 Å². The highest BCUT2D eigenvalue weighted by Crippen LogP contribution is 2.44. The smallest absolute Gasteiger partial charge is 0.315 e. The summed E-state index contributed by atoms with van der Waals surface area (Å²) in [4.78, 5) is 70.1. The lowest BCUT2D eigenvalue weighted by molar-refractivity contribution is -0.144. The second kappa shape index (κ2) is 15.3. The molecule has 0 radical (unpaired) electrons. The van der Waals surface area contributed by atoms with Crippen LogP contribution in [0.3, 0.4) is 0 Å². The summed E-state index contributed by atoms with van der Waals surface area (Å²) in [6, 6.07) is -3.47. The number of carbonyl (C=O) groups is 5. The minimum atomic E-state index is -3.60. The average Bonchev–Trinajstić information content (AvgIpc) is 3.55. The Labute approximate surface area is 297 Å². The van der Waals surface area contributed by atoms with Crippen LogP contribution >= 0.6 is 0 Å². The summed E-state index contributed by atoms with van der Waals surface area (Å²) in [6.07, 6.45) is 11.3. The second-order valence-electron chi connectivity index (χ2n) is 16.5. The molecule has 6 atom stereocenters. The van der Waals surface area contributed by atoms with E-state index in [9.17, 15) is 32.4 Å². The zero-order valence-corrected chi connectivity index (χ0v) is 31.1. The summed E-state index contributed by atoms with van der Waals surface area (Å²) in [5, 5.41) is 10.7. The van der Waals surface area contributed by atoms with Gasteiger partial charge in [-0.05, 0) is 68.1 Å². The van der Waals surface area contributed by atoms with Gasteiger partial charge in [0.25, 0.3) is 5.91 Å². The fourth-order valence-electron chi connectivity index (χ4n) is 8.89. The van der Waals surface area contributed by atoms with Crippen LogP contribution in [0, 0.1) is 23.2 Å². The van der Waals surface area contributed by atoms with Crippen LogP contribution in [0.4, 0.5) is 4.79 Å². The normalized spacial score (nSPS) is 28.6. The Morgan fingerprint density at radius 2 is 1.66 bits per heavy atom. The summed E-state index contributed by atoms with van der Waals surface area (Å²) in [7, 11) is -2.03. The molecule has 3 aliphatic carbocycles. The van der Waals surface area contributed by atoms with E-state index in [0.717, 1.165) is 57.8 Å². The molecule has 14 heteroatoms. The summed E-state index contributed by atoms with van der Waals surface area (Å²) >= 11 is 0. The third-order valence-corrected chi connectivity index (χ3v) is 14.3. The van der Waals surface area contributed by atoms with E-state index in [1.165, 1.54) is 10.4 Å². The standard InChI is InChI=1S/C36H58N6O7S/c1-6-20-37-32(45)29(43)26(16-15-23-13-14-23)38-31(44)28-25-12-10-11-24(25)22-42(28)33(46)30(35(2,3)4)39-34(47)40-36(18-8-7-9-19-36)27-17-21-41(5)50(27,48)49/h6,23-28,30H,1,7-22H2,2-5H3,(H,37,45)(H,38,44)(H2,39,40,47)/t24-,25-,26-,27-,28-,30+/m0/s1. The van der Waals surface area contributed by atoms with Gasteiger partial charge in [0.2, 0.25) is 27.6 Å². The molecule has 50 heavy (non-hydrogen) atoms. The van der Waals surface area contributed by atoms with Crippen LogP contribution in [-0.4, -0.2) is 103 Å². The molecule has 280 valence electrons. The van der Waals surface area contributed by atoms with Crippen LogP contribution < -0.4 is 21.3 Å². The molecule has 3 saturated carbocycles. The van der Waals surface area contributed by atoms with Gasteiger partial charge >= 0.3 is 6.03 Å². The van der Waals surface area contributed by atoms with E-state index in [2.05, 4.69) is 27.8 Å². The van der Waals surface area contributed by atoms with Crippen molar-refractivity contribution in [2.75, 3.05) is 26.7 Å². The molecule has 0 aromatic carbocycles. The molecule has 0 unspecified atom stereocenters. The lowest BCUT2D eigenvalue weighted by Gasteiger charge is -2.43. The average molecular weight is 719 g/mol. The molecule has 13 nitrogen and oxygen atoms in total. The zero-order valence-electron chi connectivity index (χ0n) is 30.3. The molecule has 0 aromatic heterocycles. The Morgan fingerprint density at radius 3 is 2.26 bits per heavy atom. The SMILES string of the molecule is C=CCNC(=O)C(=O)[C@H](CCC1CC1)NC(=O)[C@@H]1[C@H]2CCC[C@H]2CN1C(=O)[C@@H](NC(=O)NC1([C@@H]2CCN(C)S2(=O)=O)CCCCC1)C(C)(C)C. The van der Waals surface area contributed by atoms with Crippen molar-refractivity contribution in [3.8, 4) is 0 Å². The second-order valence-corrected chi connectivity index (χ2v) is 18.7. The molecule has 5 fully saturated rings. The van der Waals surface area contributed by atoms with Crippen molar-refractivity contribution in [1.82, 2.24) is 30.5 Å². The van der Waals surface area contributed by atoms with Gasteiger partial charge in [0.15, 0.2) is 0 Å². The number of nitrogens with zero attached hydrogens (tertiary/aromatic N) is 2. The first-order valence-corrected chi connectivity index (χ1v) is 20.2. The van der Waals surface area contributed by atoms with E-state index in [1.54, 1.807) is 11.9 Å². The number of hydrogen-bond donors (Lipinski definition) is 4. The molecular weight excluding hydrogens is 660 g/mol. The molecule has 5 aliphatic rings. The summed E-state index contributed by atoms with van der Waals surface area (Å²) in [6.45, 7) is 10.0. The van der Waals surface area contributed by atoms with Crippen molar-refractivity contribution in [3.05, 3.63) is 12.7 Å². The highest BCUT2D eigenvalue weighted by molar-refractivity contribution is 7.90. The molecule has 5 rings (SSSR count). The molecule has 5 amide bonds. The highest BCUT2D eigenvalue weighted by atomic mass is 32.2. The predicted octanol–water partition coefficient (Wildman–Crippen LogP) is 2.61. The Bertz CT molecular complexity index is 1430. The molecule has 2 saturated heterocycles. The topological polar surface area (TPSA) is 174 Å². The molecule has 4 N–H and O–H groups in total. The van der Waals surface area contributed by atoms with Crippen LogP contribution in [0.5, 0.6) is 0 Å². The number of ketones is 1. The molecular formula is C36H58N6O7S. The zero-order chi connectivity index (χ0) is 36.4. The van der Waals surface area contributed by atoms with Crippen LogP contribution in [0.15, 0.2) is 12.7 Å². The molecule has 2 aliphatic heterocycles. The number of urea groups is 1. The van der Waals surface area contributed by atoms with E-state index < -0.39 is 73.9 Å². The third kappa shape index (κ3) is 8.21. The Balaban J connectivity index is 1.35. The van der Waals surface area contributed by atoms with Crippen molar-refractivity contribution in [1.29, 1.82) is 0 Å². The van der Waals surface area contributed by atoms with Crippen molar-refractivity contribution < 1.29 is 32.4 Å². The Morgan fingerprint density at radius 1 is 0.960 bits per heavy atom. The van der Waals surface area contributed by atoms with Gasteiger partial charge in [-0.25, -0.2) is 17.5 Å². The molecule has 0 bridgehead atoms. The highest BCUT2D eigenvalue weighted by Gasteiger charge is 2.54. The summed E-state index contributed by atoms with van der Waals surface area (Å²) in [5.74, 6) is -1.84. The number of hydrogen-bond acceptors (Lipinski definition) is 7. The predicted molar refractivity (Wildman–Crippen MR) is 189 cm³/mol. The summed E-state index contributed by atoms with van der Waals surface area (Å²) < 4.78 is 28.0. The summed E-state index contributed by atoms with van der Waals surface area (Å²) in [5.41, 5.74) is -1.69. The van der Waals surface area contributed by atoms with Crippen LogP contribution in [0.1, 0.15) is 104 Å². The van der Waals surface area contributed by atoms with Gasteiger partial charge in [-0.2, -0.15) is 0 Å². The Hall–Kier alpha value is -3.00. The fourth-order valence-corrected chi connectivity index (χ4v) is 10.9. The minimum absolute atomic E-state index is 0.0998. The number of nitrogens with one attached hydrogen (secondary N) is 4. The van der Waals surface area contributed by atoms with Crippen molar-refractivity contribution >= 4 is 39.6 Å². The van der Waals surface area contributed by atoms with Gasteiger partial charge in [0.1, 0.15) is 12.1 Å². The number of likely N-dealkylation sites (tertiary alicyclic amines) is 1. The third-order valence-electron chi connectivity index (χ3n) is 11.9. The maximum atomic E-state index is 14.6. The largest absolute Gasteiger partial charge is 0.346 e. The lowest BCUT2D eigenvalue weighted by atomic mass is 9.78. The monoisotopic (exact) mass is 718 g/mol. The van der Waals surface area contributed by atoms with E-state index in [1.807, 2.05) is 20.8 Å². The van der Waals surface area contributed by atoms with Crippen LogP contribution in [0.2, 0.25) is 0 Å². The number of amides is 5. The van der Waals surface area contributed by atoms with E-state index in [-0.39, 0.29) is 18.4 Å². The van der Waals surface area contributed by atoms with Crippen LogP contribution in [-0.2, 0) is 29.2 Å². The van der Waals surface area contributed by atoms with Crippen molar-refractivity contribution in [2.24, 2.45) is 23.2 Å². The van der Waals surface area contributed by atoms with Crippen molar-refractivity contribution in [3.63, 3.8) is 0 Å². The van der Waals surface area contributed by atoms with Gasteiger partial charge in [-0.15, -0.1) is 6.58 Å².